The number of hydrogen-bond acceptors (Lipinski definition) is 4. The average molecular weight is 388 g/mol. The fraction of sp³-hybridized carbons (Fsp3) is 0.562. The van der Waals surface area contributed by atoms with Crippen molar-refractivity contribution in [2.75, 3.05) is 47.6 Å². The predicted octanol–water partition coefficient (Wildman–Crippen LogP) is 2.18. The van der Waals surface area contributed by atoms with E-state index in [9.17, 15) is 0 Å². The maximum atomic E-state index is 5.41. The number of ether oxygens (including phenoxy) is 3. The van der Waals surface area contributed by atoms with E-state index in [1.165, 1.54) is 0 Å². The fourth-order valence-electron chi connectivity index (χ4n) is 1.85. The molecule has 0 saturated carbocycles. The Bertz CT molecular complexity index is 484. The van der Waals surface area contributed by atoms with Gasteiger partial charge in [-0.2, -0.15) is 0 Å². The summed E-state index contributed by atoms with van der Waals surface area (Å²) < 4.78 is 16.5. The molecule has 23 heavy (non-hydrogen) atoms. The van der Waals surface area contributed by atoms with Crippen LogP contribution in [-0.4, -0.2) is 53.6 Å². The zero-order valence-corrected chi connectivity index (χ0v) is 15.6. The first kappa shape index (κ1) is 19.7. The normalized spacial score (nSPS) is 11.4. The first-order valence-electron chi connectivity index (χ1n) is 7.55. The third kappa shape index (κ3) is 8.20. The molecule has 7 heteroatoms. The predicted molar refractivity (Wildman–Crippen MR) is 96.2 cm³/mol. The minimum absolute atomic E-state index is 0.633. The topological polar surface area (TPSA) is 64.1 Å². The second-order valence-corrected chi connectivity index (χ2v) is 5.63. The van der Waals surface area contributed by atoms with Crippen molar-refractivity contribution in [2.45, 2.75) is 13.0 Å². The molecule has 0 bridgehead atoms. The number of methoxy groups -OCH3 is 2. The van der Waals surface area contributed by atoms with Crippen LogP contribution in [-0.2, 0) is 16.0 Å². The average Bonchev–Trinajstić information content (AvgIpc) is 2.57. The lowest BCUT2D eigenvalue weighted by Crippen LogP contribution is -2.37. The Morgan fingerprint density at radius 1 is 1.17 bits per heavy atom. The minimum Gasteiger partial charge on any atom is -0.496 e. The third-order valence-electron chi connectivity index (χ3n) is 3.09. The SMILES string of the molecule is CN=C(NCCCOCCOC)NCc1ccc(OC)c(Br)c1. The number of halogens is 1. The second kappa shape index (κ2) is 12.2. The van der Waals surface area contributed by atoms with Crippen LogP contribution in [0.25, 0.3) is 0 Å². The van der Waals surface area contributed by atoms with Crippen LogP contribution in [0.15, 0.2) is 27.7 Å². The number of hydrogen-bond donors (Lipinski definition) is 2. The fourth-order valence-corrected chi connectivity index (χ4v) is 2.44. The molecule has 0 atom stereocenters. The first-order valence-corrected chi connectivity index (χ1v) is 8.34. The van der Waals surface area contributed by atoms with Gasteiger partial charge in [0, 0.05) is 33.9 Å². The Kier molecular flexibility index (Phi) is 10.4. The van der Waals surface area contributed by atoms with E-state index in [2.05, 4.69) is 31.6 Å². The van der Waals surface area contributed by atoms with E-state index < -0.39 is 0 Å². The summed E-state index contributed by atoms with van der Waals surface area (Å²) in [6, 6.07) is 5.99. The maximum Gasteiger partial charge on any atom is 0.191 e. The summed E-state index contributed by atoms with van der Waals surface area (Å²) >= 11 is 3.49. The summed E-state index contributed by atoms with van der Waals surface area (Å²) in [5, 5.41) is 6.54. The molecular weight excluding hydrogens is 362 g/mol. The van der Waals surface area contributed by atoms with E-state index >= 15 is 0 Å². The highest BCUT2D eigenvalue weighted by Crippen LogP contribution is 2.25. The van der Waals surface area contributed by atoms with Gasteiger partial charge in [0.2, 0.25) is 0 Å². The highest BCUT2D eigenvalue weighted by atomic mass is 79.9. The van der Waals surface area contributed by atoms with Crippen LogP contribution in [0.3, 0.4) is 0 Å². The highest BCUT2D eigenvalue weighted by Gasteiger charge is 2.02. The van der Waals surface area contributed by atoms with Crippen molar-refractivity contribution in [1.29, 1.82) is 0 Å². The van der Waals surface area contributed by atoms with Gasteiger partial charge < -0.3 is 24.8 Å². The molecule has 0 radical (unpaired) electrons. The Labute approximate surface area is 146 Å². The largest absolute Gasteiger partial charge is 0.496 e. The number of rotatable bonds is 10. The van der Waals surface area contributed by atoms with Gasteiger partial charge in [0.1, 0.15) is 5.75 Å². The summed E-state index contributed by atoms with van der Waals surface area (Å²) in [5.41, 5.74) is 1.14. The maximum absolute atomic E-state index is 5.41. The van der Waals surface area contributed by atoms with Gasteiger partial charge in [-0.25, -0.2) is 0 Å². The van der Waals surface area contributed by atoms with Crippen molar-refractivity contribution in [3.8, 4) is 5.75 Å². The van der Waals surface area contributed by atoms with Crippen LogP contribution < -0.4 is 15.4 Å². The van der Waals surface area contributed by atoms with Crippen LogP contribution >= 0.6 is 15.9 Å². The molecule has 130 valence electrons. The Morgan fingerprint density at radius 2 is 2.00 bits per heavy atom. The van der Waals surface area contributed by atoms with Crippen LogP contribution in [0.2, 0.25) is 0 Å². The quantitative estimate of drug-likeness (QED) is 0.366. The molecule has 0 aliphatic carbocycles. The van der Waals surface area contributed by atoms with Gasteiger partial charge in [0.05, 0.1) is 24.8 Å². The lowest BCUT2D eigenvalue weighted by Gasteiger charge is -2.13. The minimum atomic E-state index is 0.633. The van der Waals surface area contributed by atoms with E-state index in [0.717, 1.165) is 34.7 Å². The molecular formula is C16H26BrN3O3. The molecule has 0 unspecified atom stereocenters. The number of nitrogens with one attached hydrogen (secondary N) is 2. The smallest absolute Gasteiger partial charge is 0.191 e. The van der Waals surface area contributed by atoms with Crippen LogP contribution in [0.5, 0.6) is 5.75 Å². The number of aliphatic imine (C=N–C) groups is 1. The molecule has 0 amide bonds. The van der Waals surface area contributed by atoms with Crippen molar-refractivity contribution >= 4 is 21.9 Å². The molecule has 1 rings (SSSR count). The number of nitrogens with zero attached hydrogens (tertiary/aromatic N) is 1. The summed E-state index contributed by atoms with van der Waals surface area (Å²) in [4.78, 5) is 4.20. The van der Waals surface area contributed by atoms with Crippen LogP contribution in [0.1, 0.15) is 12.0 Å². The molecule has 2 N–H and O–H groups in total. The van der Waals surface area contributed by atoms with Gasteiger partial charge in [0.25, 0.3) is 0 Å². The zero-order chi connectivity index (χ0) is 16.9. The monoisotopic (exact) mass is 387 g/mol. The number of benzene rings is 1. The van der Waals surface area contributed by atoms with Crippen molar-refractivity contribution in [2.24, 2.45) is 4.99 Å². The molecule has 0 fully saturated rings. The molecule has 0 heterocycles. The molecule has 1 aromatic rings. The molecule has 0 aliphatic heterocycles. The van der Waals surface area contributed by atoms with Crippen LogP contribution in [0, 0.1) is 0 Å². The van der Waals surface area contributed by atoms with Crippen LogP contribution in [0.4, 0.5) is 0 Å². The summed E-state index contributed by atoms with van der Waals surface area (Å²) in [6.07, 6.45) is 0.915. The number of guanidine groups is 1. The molecule has 0 aromatic heterocycles. The Balaban J connectivity index is 2.25. The standard InChI is InChI=1S/C16H26BrN3O3/c1-18-16(19-7-4-8-23-10-9-21-2)20-12-13-5-6-15(22-3)14(17)11-13/h5-6,11H,4,7-10,12H2,1-3H3,(H2,18,19,20). The Morgan fingerprint density at radius 3 is 2.65 bits per heavy atom. The first-order chi connectivity index (χ1) is 11.2. The molecule has 0 aliphatic rings. The third-order valence-corrected chi connectivity index (χ3v) is 3.71. The van der Waals surface area contributed by atoms with E-state index in [-0.39, 0.29) is 0 Å². The van der Waals surface area contributed by atoms with Gasteiger partial charge >= 0.3 is 0 Å². The summed E-state index contributed by atoms with van der Waals surface area (Å²) in [5.74, 6) is 1.60. The second-order valence-electron chi connectivity index (χ2n) is 4.78. The summed E-state index contributed by atoms with van der Waals surface area (Å²) in [7, 11) is 5.08. The van der Waals surface area contributed by atoms with Gasteiger partial charge in [-0.05, 0) is 40.0 Å². The van der Waals surface area contributed by atoms with Crippen molar-refractivity contribution < 1.29 is 14.2 Å². The van der Waals surface area contributed by atoms with E-state index in [1.54, 1.807) is 21.3 Å². The molecule has 6 nitrogen and oxygen atoms in total. The molecule has 1 aromatic carbocycles. The lowest BCUT2D eigenvalue weighted by atomic mass is 10.2. The van der Waals surface area contributed by atoms with Gasteiger partial charge in [0.15, 0.2) is 5.96 Å². The Hall–Kier alpha value is -1.31. The molecule has 0 spiro atoms. The molecule has 0 saturated heterocycles. The van der Waals surface area contributed by atoms with E-state index in [0.29, 0.717) is 26.4 Å². The van der Waals surface area contributed by atoms with Gasteiger partial charge in [-0.1, -0.05) is 6.07 Å². The van der Waals surface area contributed by atoms with Crippen molar-refractivity contribution in [1.82, 2.24) is 10.6 Å². The van der Waals surface area contributed by atoms with Crippen molar-refractivity contribution in [3.05, 3.63) is 28.2 Å². The summed E-state index contributed by atoms with van der Waals surface area (Å²) in [6.45, 7) is 3.47. The van der Waals surface area contributed by atoms with Crippen molar-refractivity contribution in [3.63, 3.8) is 0 Å². The zero-order valence-electron chi connectivity index (χ0n) is 14.0. The van der Waals surface area contributed by atoms with Gasteiger partial charge in [-0.3, -0.25) is 4.99 Å². The van der Waals surface area contributed by atoms with Gasteiger partial charge in [-0.15, -0.1) is 0 Å². The highest BCUT2D eigenvalue weighted by molar-refractivity contribution is 9.10. The van der Waals surface area contributed by atoms with E-state index in [1.807, 2.05) is 18.2 Å². The van der Waals surface area contributed by atoms with E-state index in [4.69, 9.17) is 14.2 Å². The lowest BCUT2D eigenvalue weighted by molar-refractivity contribution is 0.0698.